The maximum Gasteiger partial charge on any atom is 0.253 e. The van der Waals surface area contributed by atoms with Gasteiger partial charge >= 0.3 is 0 Å². The number of anilines is 1. The van der Waals surface area contributed by atoms with Crippen LogP contribution in [0.2, 0.25) is 0 Å². The molecule has 10 nitrogen and oxygen atoms in total. The molecule has 10 heteroatoms. The number of ether oxygens (including phenoxy) is 1. The monoisotopic (exact) mass is 294 g/mol. The second-order valence-electron chi connectivity index (χ2n) is 4.61. The first-order valence-corrected chi connectivity index (χ1v) is 6.21. The molecule has 0 bridgehead atoms. The molecule has 0 aliphatic carbocycles. The Balaban J connectivity index is 1.90. The third-order valence-corrected chi connectivity index (χ3v) is 3.31. The summed E-state index contributed by atoms with van der Waals surface area (Å²) in [6, 6.07) is 0. The summed E-state index contributed by atoms with van der Waals surface area (Å²) in [5.74, 6) is 0.311. The van der Waals surface area contributed by atoms with Crippen molar-refractivity contribution < 1.29 is 20.1 Å². The van der Waals surface area contributed by atoms with Crippen LogP contribution in [0.25, 0.3) is 5.95 Å². The molecule has 4 atom stereocenters. The molecule has 2 aromatic rings. The van der Waals surface area contributed by atoms with Crippen LogP contribution in [0.5, 0.6) is 0 Å². The second kappa shape index (κ2) is 5.33. The number of aromatic nitrogens is 5. The number of nitrogens with two attached hydrogens (primary N) is 1. The third kappa shape index (κ3) is 2.34. The highest BCUT2D eigenvalue weighted by molar-refractivity contribution is 5.42. The fraction of sp³-hybridized carbons (Fsp3) is 0.455. The average molecular weight is 294 g/mol. The largest absolute Gasteiger partial charge is 0.394 e. The number of hydrogen-bond donors (Lipinski definition) is 4. The standard InChI is InChI=1S/C11H14N6O4/c12-10-5(9-8(20)7(19)6(2-18)21-9)1-14-11(16-10)17-4-13-3-15-17/h1,3-4,6-9,18-20H,2H2,(H2,12,14,16)/t6-,7-,8-,9+/m1/s1. The number of nitrogen functional groups attached to an aromatic ring is 1. The lowest BCUT2D eigenvalue weighted by atomic mass is 10.0. The molecule has 0 aromatic carbocycles. The van der Waals surface area contributed by atoms with Crippen LogP contribution in [0.4, 0.5) is 5.82 Å². The van der Waals surface area contributed by atoms with Crippen LogP contribution >= 0.6 is 0 Å². The molecule has 1 fully saturated rings. The number of rotatable bonds is 3. The third-order valence-electron chi connectivity index (χ3n) is 3.31. The van der Waals surface area contributed by atoms with E-state index < -0.39 is 31.0 Å². The van der Waals surface area contributed by atoms with Gasteiger partial charge in [0.15, 0.2) is 0 Å². The minimum absolute atomic E-state index is 0.0883. The first kappa shape index (κ1) is 13.8. The molecule has 1 saturated heterocycles. The van der Waals surface area contributed by atoms with E-state index >= 15 is 0 Å². The Bertz CT molecular complexity index is 621. The number of nitrogens with zero attached hydrogens (tertiary/aromatic N) is 5. The summed E-state index contributed by atoms with van der Waals surface area (Å²) in [7, 11) is 0. The summed E-state index contributed by atoms with van der Waals surface area (Å²) in [6.45, 7) is -0.410. The SMILES string of the molecule is Nc1nc(-n2cncn2)ncc1[C@@H]1O[C@H](CO)[C@@H](O)[C@H]1O. The highest BCUT2D eigenvalue weighted by Gasteiger charge is 2.44. The summed E-state index contributed by atoms with van der Waals surface area (Å²) in [5.41, 5.74) is 6.19. The van der Waals surface area contributed by atoms with Crippen molar-refractivity contribution in [1.82, 2.24) is 24.7 Å². The average Bonchev–Trinajstić information content (AvgIpc) is 3.10. The van der Waals surface area contributed by atoms with Gasteiger partial charge in [-0.2, -0.15) is 14.8 Å². The topological polar surface area (TPSA) is 152 Å². The predicted molar refractivity (Wildman–Crippen MR) is 68.1 cm³/mol. The minimum Gasteiger partial charge on any atom is -0.394 e. The van der Waals surface area contributed by atoms with E-state index in [0.717, 1.165) is 0 Å². The van der Waals surface area contributed by atoms with Gasteiger partial charge in [0.2, 0.25) is 0 Å². The van der Waals surface area contributed by atoms with Crippen molar-refractivity contribution in [1.29, 1.82) is 0 Å². The van der Waals surface area contributed by atoms with E-state index in [9.17, 15) is 10.2 Å². The molecule has 3 rings (SSSR count). The van der Waals surface area contributed by atoms with Crippen LogP contribution in [0.3, 0.4) is 0 Å². The quantitative estimate of drug-likeness (QED) is 0.493. The van der Waals surface area contributed by atoms with Gasteiger partial charge in [0.1, 0.15) is 42.9 Å². The van der Waals surface area contributed by atoms with Crippen LogP contribution in [0.1, 0.15) is 11.7 Å². The molecule has 3 heterocycles. The molecule has 0 spiro atoms. The molecule has 0 unspecified atom stereocenters. The minimum atomic E-state index is -1.22. The number of aliphatic hydroxyl groups excluding tert-OH is 3. The Morgan fingerprint density at radius 1 is 1.33 bits per heavy atom. The molecule has 1 aliphatic rings. The van der Waals surface area contributed by atoms with Gasteiger partial charge in [-0.15, -0.1) is 0 Å². The molecular formula is C11H14N6O4. The van der Waals surface area contributed by atoms with Gasteiger partial charge in [-0.1, -0.05) is 0 Å². The van der Waals surface area contributed by atoms with Gasteiger partial charge < -0.3 is 25.8 Å². The molecule has 2 aromatic heterocycles. The zero-order chi connectivity index (χ0) is 15.0. The molecule has 0 radical (unpaired) electrons. The predicted octanol–water partition coefficient (Wildman–Crippen LogP) is -2.21. The summed E-state index contributed by atoms with van der Waals surface area (Å²) >= 11 is 0. The van der Waals surface area contributed by atoms with Crippen LogP contribution < -0.4 is 5.73 Å². The molecule has 5 N–H and O–H groups in total. The molecule has 1 aliphatic heterocycles. The van der Waals surface area contributed by atoms with Crippen LogP contribution in [-0.2, 0) is 4.74 Å². The van der Waals surface area contributed by atoms with E-state index in [4.69, 9.17) is 15.6 Å². The van der Waals surface area contributed by atoms with E-state index in [-0.39, 0.29) is 11.8 Å². The Hall–Kier alpha value is -2.14. The summed E-state index contributed by atoms with van der Waals surface area (Å²) < 4.78 is 6.72. The van der Waals surface area contributed by atoms with Crippen molar-refractivity contribution in [3.63, 3.8) is 0 Å². The van der Waals surface area contributed by atoms with Crippen molar-refractivity contribution in [3.8, 4) is 5.95 Å². The van der Waals surface area contributed by atoms with Gasteiger partial charge in [0, 0.05) is 11.8 Å². The molecule has 0 amide bonds. The summed E-state index contributed by atoms with van der Waals surface area (Å²) in [5, 5.41) is 32.7. The van der Waals surface area contributed by atoms with Gasteiger partial charge in [-0.25, -0.2) is 9.97 Å². The van der Waals surface area contributed by atoms with Crippen molar-refractivity contribution in [2.45, 2.75) is 24.4 Å². The van der Waals surface area contributed by atoms with E-state index in [1.807, 2.05) is 0 Å². The highest BCUT2D eigenvalue weighted by Crippen LogP contribution is 2.35. The fourth-order valence-electron chi connectivity index (χ4n) is 2.19. The summed E-state index contributed by atoms with van der Waals surface area (Å²) in [6.07, 6.45) is -0.0545. The zero-order valence-electron chi connectivity index (χ0n) is 10.8. The first-order chi connectivity index (χ1) is 10.1. The van der Waals surface area contributed by atoms with Crippen LogP contribution in [0.15, 0.2) is 18.9 Å². The van der Waals surface area contributed by atoms with E-state index in [0.29, 0.717) is 5.56 Å². The Morgan fingerprint density at radius 3 is 2.71 bits per heavy atom. The van der Waals surface area contributed by atoms with Crippen LogP contribution in [-0.4, -0.2) is 65.0 Å². The number of hydrogen-bond acceptors (Lipinski definition) is 9. The van der Waals surface area contributed by atoms with Crippen molar-refractivity contribution in [3.05, 3.63) is 24.4 Å². The first-order valence-electron chi connectivity index (χ1n) is 6.21. The second-order valence-corrected chi connectivity index (χ2v) is 4.61. The van der Waals surface area contributed by atoms with Gasteiger partial charge in [0.05, 0.1) is 6.61 Å². The van der Waals surface area contributed by atoms with Crippen LogP contribution in [0, 0.1) is 0 Å². The Labute approximate surface area is 118 Å². The van der Waals surface area contributed by atoms with Crippen molar-refractivity contribution in [2.24, 2.45) is 0 Å². The van der Waals surface area contributed by atoms with Gasteiger partial charge in [0.25, 0.3) is 5.95 Å². The lowest BCUT2D eigenvalue weighted by molar-refractivity contribution is -0.0227. The normalized spacial score (nSPS) is 28.9. The fourth-order valence-corrected chi connectivity index (χ4v) is 2.19. The Morgan fingerprint density at radius 2 is 2.14 bits per heavy atom. The number of aliphatic hydroxyl groups is 3. The van der Waals surface area contributed by atoms with Crippen molar-refractivity contribution >= 4 is 5.82 Å². The Kier molecular flexibility index (Phi) is 3.51. The van der Waals surface area contributed by atoms with E-state index in [1.165, 1.54) is 23.5 Å². The van der Waals surface area contributed by atoms with Crippen molar-refractivity contribution in [2.75, 3.05) is 12.3 Å². The molecule has 0 saturated carbocycles. The van der Waals surface area contributed by atoms with E-state index in [1.54, 1.807) is 0 Å². The molecule has 112 valence electrons. The molecular weight excluding hydrogens is 280 g/mol. The van der Waals surface area contributed by atoms with Gasteiger partial charge in [-0.05, 0) is 0 Å². The zero-order valence-corrected chi connectivity index (χ0v) is 10.8. The smallest absolute Gasteiger partial charge is 0.253 e. The maximum absolute atomic E-state index is 9.97. The summed E-state index contributed by atoms with van der Waals surface area (Å²) in [4.78, 5) is 11.9. The molecule has 21 heavy (non-hydrogen) atoms. The lowest BCUT2D eigenvalue weighted by Crippen LogP contribution is -2.32. The maximum atomic E-state index is 9.97. The lowest BCUT2D eigenvalue weighted by Gasteiger charge is -2.16. The van der Waals surface area contributed by atoms with E-state index in [2.05, 4.69) is 20.1 Å². The van der Waals surface area contributed by atoms with Gasteiger partial charge in [-0.3, -0.25) is 0 Å². The highest BCUT2D eigenvalue weighted by atomic mass is 16.6.